The van der Waals surface area contributed by atoms with Crippen LogP contribution in [0.15, 0.2) is 59.6 Å². The second-order valence-electron chi connectivity index (χ2n) is 7.40. The zero-order valence-corrected chi connectivity index (χ0v) is 18.7. The zero-order valence-electron chi connectivity index (χ0n) is 17.8. The Hall–Kier alpha value is -2.71. The fourth-order valence-electron chi connectivity index (χ4n) is 3.62. The molecule has 0 spiro atoms. The van der Waals surface area contributed by atoms with Crippen LogP contribution in [0.1, 0.15) is 19.4 Å². The van der Waals surface area contributed by atoms with Crippen LogP contribution in [0.5, 0.6) is 0 Å². The number of carbonyl (C=O) groups is 1. The molecule has 0 fully saturated rings. The van der Waals surface area contributed by atoms with E-state index >= 15 is 0 Å². The first-order valence-electron chi connectivity index (χ1n) is 10.4. The number of fused-ring (bicyclic) bond motifs is 1. The van der Waals surface area contributed by atoms with Crippen LogP contribution in [-0.2, 0) is 26.9 Å². The molecule has 6 nitrogen and oxygen atoms in total. The lowest BCUT2D eigenvalue weighted by atomic mass is 10.2. The van der Waals surface area contributed by atoms with Gasteiger partial charge in [-0.25, -0.2) is 12.8 Å². The number of benzene rings is 2. The lowest BCUT2D eigenvalue weighted by molar-refractivity contribution is -0.121. The second kappa shape index (κ2) is 10.1. The summed E-state index contributed by atoms with van der Waals surface area (Å²) in [4.78, 5) is 14.8. The van der Waals surface area contributed by atoms with Gasteiger partial charge in [-0.2, -0.15) is 0 Å². The predicted octanol–water partition coefficient (Wildman–Crippen LogP) is 3.21. The van der Waals surface area contributed by atoms with Crippen molar-refractivity contribution in [1.82, 2.24) is 14.8 Å². The zero-order chi connectivity index (χ0) is 22.4. The summed E-state index contributed by atoms with van der Waals surface area (Å²) in [5, 5.41) is 3.45. The fourth-order valence-corrected chi connectivity index (χ4v) is 5.19. The molecular formula is C23H28FN3O3S. The number of sulfone groups is 1. The number of nitrogens with one attached hydrogen (secondary N) is 1. The van der Waals surface area contributed by atoms with Gasteiger partial charge in [0.15, 0.2) is 9.84 Å². The lowest BCUT2D eigenvalue weighted by Gasteiger charge is -2.18. The first-order valence-corrected chi connectivity index (χ1v) is 12.0. The van der Waals surface area contributed by atoms with Gasteiger partial charge in [0.2, 0.25) is 5.91 Å². The van der Waals surface area contributed by atoms with E-state index in [9.17, 15) is 17.6 Å². The molecule has 166 valence electrons. The first-order chi connectivity index (χ1) is 14.8. The number of para-hydroxylation sites is 1. The molecule has 3 rings (SSSR count). The number of amides is 1. The van der Waals surface area contributed by atoms with Crippen molar-refractivity contribution in [1.29, 1.82) is 0 Å². The maximum Gasteiger partial charge on any atom is 0.239 e. The van der Waals surface area contributed by atoms with Crippen molar-refractivity contribution in [2.24, 2.45) is 0 Å². The number of rotatable bonds is 10. The number of hydrogen-bond donors (Lipinski definition) is 1. The minimum absolute atomic E-state index is 0.0221. The number of carbonyl (C=O) groups excluding carboxylic acids is 1. The molecule has 0 aliphatic carbocycles. The van der Waals surface area contributed by atoms with Crippen molar-refractivity contribution in [2.75, 3.05) is 26.2 Å². The summed E-state index contributed by atoms with van der Waals surface area (Å²) in [6.07, 6.45) is 1.50. The standard InChI is InChI=1S/C23H28FN3O3S/c1-3-26(4-2)13-12-25-23(28)16-27-15-22(20-10-5-6-11-21(20)27)31(29,30)17-18-8-7-9-19(24)14-18/h5-11,14-15H,3-4,12-13,16-17H2,1-2H3,(H,25,28). The monoisotopic (exact) mass is 445 g/mol. The van der Waals surface area contributed by atoms with Crippen LogP contribution in [0.25, 0.3) is 10.9 Å². The van der Waals surface area contributed by atoms with Gasteiger partial charge < -0.3 is 14.8 Å². The van der Waals surface area contributed by atoms with E-state index in [1.807, 2.05) is 0 Å². The molecule has 0 radical (unpaired) electrons. The molecule has 0 aliphatic rings. The second-order valence-corrected chi connectivity index (χ2v) is 9.36. The summed E-state index contributed by atoms with van der Waals surface area (Å²) in [6.45, 7) is 7.30. The number of hydrogen-bond acceptors (Lipinski definition) is 4. The Labute approximate surface area is 182 Å². The van der Waals surface area contributed by atoms with Crippen molar-refractivity contribution < 1.29 is 17.6 Å². The first kappa shape index (κ1) is 23.0. The van der Waals surface area contributed by atoms with E-state index in [1.54, 1.807) is 34.9 Å². The highest BCUT2D eigenvalue weighted by Crippen LogP contribution is 2.28. The molecule has 1 aromatic heterocycles. The number of aromatic nitrogens is 1. The third-order valence-corrected chi connectivity index (χ3v) is 7.00. The molecule has 1 N–H and O–H groups in total. The van der Waals surface area contributed by atoms with E-state index in [0.29, 0.717) is 23.0 Å². The van der Waals surface area contributed by atoms with Crippen LogP contribution < -0.4 is 5.32 Å². The Kier molecular flexibility index (Phi) is 7.46. The minimum Gasteiger partial charge on any atom is -0.353 e. The van der Waals surface area contributed by atoms with Crippen molar-refractivity contribution in [3.05, 3.63) is 66.1 Å². The third kappa shape index (κ3) is 5.71. The van der Waals surface area contributed by atoms with E-state index < -0.39 is 15.7 Å². The molecule has 0 unspecified atom stereocenters. The Balaban J connectivity index is 1.81. The maximum atomic E-state index is 13.5. The SMILES string of the molecule is CCN(CC)CCNC(=O)Cn1cc(S(=O)(=O)Cc2cccc(F)c2)c2ccccc21. The Morgan fingerprint density at radius 1 is 1.10 bits per heavy atom. The van der Waals surface area contributed by atoms with Gasteiger partial charge in [-0.15, -0.1) is 0 Å². The van der Waals surface area contributed by atoms with Crippen LogP contribution in [0.3, 0.4) is 0 Å². The highest BCUT2D eigenvalue weighted by molar-refractivity contribution is 7.90. The highest BCUT2D eigenvalue weighted by atomic mass is 32.2. The van der Waals surface area contributed by atoms with Crippen molar-refractivity contribution >= 4 is 26.6 Å². The average Bonchev–Trinajstić information content (AvgIpc) is 3.10. The summed E-state index contributed by atoms with van der Waals surface area (Å²) < 4.78 is 41.3. The molecule has 8 heteroatoms. The molecule has 0 atom stereocenters. The summed E-state index contributed by atoms with van der Waals surface area (Å²) in [5.74, 6) is -0.965. The molecule has 0 aliphatic heterocycles. The molecule has 31 heavy (non-hydrogen) atoms. The average molecular weight is 446 g/mol. The molecule has 0 bridgehead atoms. The number of nitrogens with zero attached hydrogens (tertiary/aromatic N) is 2. The molecule has 1 heterocycles. The quantitative estimate of drug-likeness (QED) is 0.520. The third-order valence-electron chi connectivity index (χ3n) is 5.29. The van der Waals surface area contributed by atoms with E-state index in [2.05, 4.69) is 24.1 Å². The molecule has 1 amide bonds. The fraction of sp³-hybridized carbons (Fsp3) is 0.348. The van der Waals surface area contributed by atoms with Crippen LogP contribution in [0.2, 0.25) is 0 Å². The van der Waals surface area contributed by atoms with E-state index in [4.69, 9.17) is 0 Å². The van der Waals surface area contributed by atoms with Gasteiger partial charge in [0, 0.05) is 30.2 Å². The lowest BCUT2D eigenvalue weighted by Crippen LogP contribution is -2.36. The molecular weight excluding hydrogens is 417 g/mol. The van der Waals surface area contributed by atoms with Crippen LogP contribution in [0, 0.1) is 5.82 Å². The highest BCUT2D eigenvalue weighted by Gasteiger charge is 2.22. The van der Waals surface area contributed by atoms with Gasteiger partial charge in [0.25, 0.3) is 0 Å². The van der Waals surface area contributed by atoms with Gasteiger partial charge >= 0.3 is 0 Å². The Bertz CT molecular complexity index is 1150. The van der Waals surface area contributed by atoms with Gasteiger partial charge in [0.05, 0.1) is 10.6 Å². The Morgan fingerprint density at radius 2 is 1.84 bits per heavy atom. The largest absolute Gasteiger partial charge is 0.353 e. The van der Waals surface area contributed by atoms with Gasteiger partial charge in [-0.1, -0.05) is 44.2 Å². The van der Waals surface area contributed by atoms with Gasteiger partial charge in [-0.05, 0) is 36.9 Å². The minimum atomic E-state index is -3.73. The molecule has 2 aromatic carbocycles. The summed E-state index contributed by atoms with van der Waals surface area (Å²) >= 11 is 0. The summed E-state index contributed by atoms with van der Waals surface area (Å²) in [7, 11) is -3.73. The number of likely N-dealkylation sites (N-methyl/N-ethyl adjacent to an activating group) is 1. The van der Waals surface area contributed by atoms with Crippen molar-refractivity contribution in [3.63, 3.8) is 0 Å². The molecule has 3 aromatic rings. The number of halogens is 1. The topological polar surface area (TPSA) is 71.4 Å². The Morgan fingerprint density at radius 3 is 2.55 bits per heavy atom. The van der Waals surface area contributed by atoms with Crippen LogP contribution in [-0.4, -0.2) is 50.0 Å². The van der Waals surface area contributed by atoms with Crippen LogP contribution >= 0.6 is 0 Å². The van der Waals surface area contributed by atoms with Crippen molar-refractivity contribution in [3.8, 4) is 0 Å². The maximum absolute atomic E-state index is 13.5. The van der Waals surface area contributed by atoms with E-state index in [1.165, 1.54) is 24.4 Å². The van der Waals surface area contributed by atoms with Crippen LogP contribution in [0.4, 0.5) is 4.39 Å². The smallest absolute Gasteiger partial charge is 0.239 e. The van der Waals surface area contributed by atoms with E-state index in [-0.39, 0.29) is 23.1 Å². The normalized spacial score (nSPS) is 11.9. The molecule has 0 saturated carbocycles. The molecule has 0 saturated heterocycles. The van der Waals surface area contributed by atoms with Crippen molar-refractivity contribution in [2.45, 2.75) is 31.0 Å². The van der Waals surface area contributed by atoms with Gasteiger partial charge in [-0.3, -0.25) is 4.79 Å². The van der Waals surface area contributed by atoms with Gasteiger partial charge in [0.1, 0.15) is 12.4 Å². The summed E-state index contributed by atoms with van der Waals surface area (Å²) in [6, 6.07) is 12.7. The van der Waals surface area contributed by atoms with E-state index in [0.717, 1.165) is 19.6 Å². The predicted molar refractivity (Wildman–Crippen MR) is 120 cm³/mol. The summed E-state index contributed by atoms with van der Waals surface area (Å²) in [5.41, 5.74) is 1.05.